The highest BCUT2D eigenvalue weighted by molar-refractivity contribution is 5.93. The summed E-state index contributed by atoms with van der Waals surface area (Å²) in [5.41, 5.74) is 1.38. The zero-order valence-electron chi connectivity index (χ0n) is 17.1. The lowest BCUT2D eigenvalue weighted by atomic mass is 10.1. The van der Waals surface area contributed by atoms with Crippen LogP contribution in [0.15, 0.2) is 60.7 Å². The molecule has 0 fully saturated rings. The van der Waals surface area contributed by atoms with E-state index in [0.717, 1.165) is 16.3 Å². The second-order valence-corrected chi connectivity index (χ2v) is 6.59. The fraction of sp³-hybridized carbons (Fsp3) is 0.250. The zero-order valence-corrected chi connectivity index (χ0v) is 17.1. The first kappa shape index (κ1) is 21.2. The van der Waals surface area contributed by atoms with Gasteiger partial charge in [0.25, 0.3) is 5.91 Å². The maximum atomic E-state index is 12.2. The molecular weight excluding hydrogens is 382 g/mol. The summed E-state index contributed by atoms with van der Waals surface area (Å²) in [6, 6.07) is 18.9. The molecule has 0 saturated heterocycles. The topological polar surface area (TPSA) is 73.9 Å². The van der Waals surface area contributed by atoms with E-state index in [1.54, 1.807) is 18.2 Å². The minimum atomic E-state index is -0.456. The monoisotopic (exact) mass is 407 g/mol. The van der Waals surface area contributed by atoms with Crippen LogP contribution in [0.2, 0.25) is 0 Å². The first-order valence-corrected chi connectivity index (χ1v) is 9.91. The van der Waals surface area contributed by atoms with Crippen LogP contribution in [0.5, 0.6) is 11.5 Å². The molecule has 0 aliphatic carbocycles. The van der Waals surface area contributed by atoms with Crippen LogP contribution in [0.25, 0.3) is 10.8 Å². The summed E-state index contributed by atoms with van der Waals surface area (Å²) < 4.78 is 16.2. The Kier molecular flexibility index (Phi) is 7.27. The summed E-state index contributed by atoms with van der Waals surface area (Å²) in [6.45, 7) is 4.39. The average Bonchev–Trinajstić information content (AvgIpc) is 2.74. The molecule has 0 atom stereocenters. The molecule has 6 heteroatoms. The summed E-state index contributed by atoms with van der Waals surface area (Å²) in [6.07, 6.45) is 0.107. The Morgan fingerprint density at radius 2 is 1.57 bits per heavy atom. The van der Waals surface area contributed by atoms with E-state index in [1.165, 1.54) is 0 Å². The number of rotatable bonds is 9. The third kappa shape index (κ3) is 5.73. The maximum Gasteiger partial charge on any atom is 0.310 e. The molecule has 3 rings (SSSR count). The number of hydrogen-bond acceptors (Lipinski definition) is 5. The number of amides is 1. The van der Waals surface area contributed by atoms with E-state index >= 15 is 0 Å². The van der Waals surface area contributed by atoms with Gasteiger partial charge in [-0.3, -0.25) is 9.59 Å². The first-order valence-electron chi connectivity index (χ1n) is 9.91. The van der Waals surface area contributed by atoms with E-state index < -0.39 is 11.9 Å². The fourth-order valence-corrected chi connectivity index (χ4v) is 3.04. The second-order valence-electron chi connectivity index (χ2n) is 6.59. The van der Waals surface area contributed by atoms with Gasteiger partial charge < -0.3 is 19.5 Å². The predicted octanol–water partition coefficient (Wildman–Crippen LogP) is 4.36. The van der Waals surface area contributed by atoms with Crippen LogP contribution < -0.4 is 14.8 Å². The predicted molar refractivity (Wildman–Crippen MR) is 116 cm³/mol. The van der Waals surface area contributed by atoms with Gasteiger partial charge in [-0.1, -0.05) is 42.5 Å². The van der Waals surface area contributed by atoms with Gasteiger partial charge in [-0.25, -0.2) is 0 Å². The van der Waals surface area contributed by atoms with Crippen molar-refractivity contribution in [1.82, 2.24) is 0 Å². The number of esters is 1. The first-order chi connectivity index (χ1) is 14.6. The Bertz CT molecular complexity index is 1030. The van der Waals surface area contributed by atoms with Crippen molar-refractivity contribution in [2.75, 3.05) is 25.1 Å². The van der Waals surface area contributed by atoms with Gasteiger partial charge in [0.15, 0.2) is 18.1 Å². The molecule has 30 heavy (non-hydrogen) atoms. The molecule has 3 aromatic carbocycles. The number of nitrogens with one attached hydrogen (secondary N) is 1. The minimum Gasteiger partial charge on any atom is -0.490 e. The molecule has 1 amide bonds. The largest absolute Gasteiger partial charge is 0.490 e. The molecular formula is C24H25NO5. The summed E-state index contributed by atoms with van der Waals surface area (Å²) in [5, 5.41) is 4.87. The van der Waals surface area contributed by atoms with Gasteiger partial charge in [-0.15, -0.1) is 0 Å². The summed E-state index contributed by atoms with van der Waals surface area (Å²) >= 11 is 0. The van der Waals surface area contributed by atoms with Crippen LogP contribution in [-0.4, -0.2) is 31.7 Å². The van der Waals surface area contributed by atoms with Gasteiger partial charge in [0.05, 0.1) is 19.6 Å². The van der Waals surface area contributed by atoms with E-state index in [1.807, 2.05) is 56.3 Å². The van der Waals surface area contributed by atoms with Gasteiger partial charge in [0.1, 0.15) is 0 Å². The van der Waals surface area contributed by atoms with Crippen molar-refractivity contribution in [1.29, 1.82) is 0 Å². The maximum absolute atomic E-state index is 12.2. The molecule has 1 N–H and O–H groups in total. The van der Waals surface area contributed by atoms with Crippen LogP contribution in [0.4, 0.5) is 5.69 Å². The van der Waals surface area contributed by atoms with Crippen LogP contribution in [0.1, 0.15) is 19.4 Å². The highest BCUT2D eigenvalue weighted by Gasteiger charge is 2.11. The molecule has 0 aliphatic heterocycles. The number of carbonyl (C=O) groups is 2. The fourth-order valence-electron chi connectivity index (χ4n) is 3.04. The van der Waals surface area contributed by atoms with Crippen LogP contribution in [0.3, 0.4) is 0 Å². The van der Waals surface area contributed by atoms with E-state index in [2.05, 4.69) is 5.32 Å². The van der Waals surface area contributed by atoms with Crippen molar-refractivity contribution < 1.29 is 23.8 Å². The van der Waals surface area contributed by atoms with Gasteiger partial charge in [0, 0.05) is 11.8 Å². The molecule has 0 saturated carbocycles. The van der Waals surface area contributed by atoms with Crippen molar-refractivity contribution >= 4 is 28.3 Å². The molecule has 0 heterocycles. The number of hydrogen-bond donors (Lipinski definition) is 1. The molecule has 0 aromatic heterocycles. The molecule has 156 valence electrons. The third-order valence-corrected chi connectivity index (χ3v) is 4.35. The number of benzene rings is 3. The van der Waals surface area contributed by atoms with Crippen LogP contribution in [0, 0.1) is 0 Å². The summed E-state index contributed by atoms with van der Waals surface area (Å²) in [7, 11) is 0. The van der Waals surface area contributed by atoms with Crippen LogP contribution in [-0.2, 0) is 20.7 Å². The molecule has 3 aromatic rings. The molecule has 0 spiro atoms. The number of fused-ring (bicyclic) bond motifs is 1. The van der Waals surface area contributed by atoms with Crippen molar-refractivity contribution in [3.05, 3.63) is 66.2 Å². The molecule has 0 aliphatic rings. The zero-order chi connectivity index (χ0) is 21.3. The standard InChI is InChI=1S/C24H25NO5/c1-3-28-21-12-11-20(15-22(21)29-4-2)25-23(26)16-30-24(27)14-17-9-10-18-7-5-6-8-19(18)13-17/h5-13,15H,3-4,14,16H2,1-2H3,(H,25,26). The summed E-state index contributed by atoms with van der Waals surface area (Å²) in [4.78, 5) is 24.3. The van der Waals surface area contributed by atoms with Crippen molar-refractivity contribution in [3.63, 3.8) is 0 Å². The summed E-state index contributed by atoms with van der Waals surface area (Å²) in [5.74, 6) is 0.278. The van der Waals surface area contributed by atoms with Crippen molar-refractivity contribution in [2.24, 2.45) is 0 Å². The van der Waals surface area contributed by atoms with E-state index in [4.69, 9.17) is 14.2 Å². The smallest absolute Gasteiger partial charge is 0.310 e. The third-order valence-electron chi connectivity index (χ3n) is 4.35. The van der Waals surface area contributed by atoms with E-state index in [0.29, 0.717) is 30.4 Å². The van der Waals surface area contributed by atoms with Crippen molar-refractivity contribution in [3.8, 4) is 11.5 Å². The second kappa shape index (κ2) is 10.3. The lowest BCUT2D eigenvalue weighted by molar-refractivity contribution is -0.146. The van der Waals surface area contributed by atoms with Gasteiger partial charge in [-0.05, 0) is 42.3 Å². The van der Waals surface area contributed by atoms with Gasteiger partial charge >= 0.3 is 5.97 Å². The Morgan fingerprint density at radius 1 is 0.833 bits per heavy atom. The Labute approximate surface area is 175 Å². The molecule has 6 nitrogen and oxygen atoms in total. The van der Waals surface area contributed by atoms with Gasteiger partial charge in [-0.2, -0.15) is 0 Å². The lowest BCUT2D eigenvalue weighted by Gasteiger charge is -2.13. The Balaban J connectivity index is 1.53. The van der Waals surface area contributed by atoms with Crippen LogP contribution >= 0.6 is 0 Å². The number of carbonyl (C=O) groups excluding carboxylic acids is 2. The Morgan fingerprint density at radius 3 is 2.33 bits per heavy atom. The van der Waals surface area contributed by atoms with E-state index in [9.17, 15) is 9.59 Å². The number of anilines is 1. The normalized spacial score (nSPS) is 10.5. The van der Waals surface area contributed by atoms with Gasteiger partial charge in [0.2, 0.25) is 0 Å². The molecule has 0 unspecified atom stereocenters. The lowest BCUT2D eigenvalue weighted by Crippen LogP contribution is -2.21. The SMILES string of the molecule is CCOc1ccc(NC(=O)COC(=O)Cc2ccc3ccccc3c2)cc1OCC. The van der Waals surface area contributed by atoms with E-state index in [-0.39, 0.29) is 13.0 Å². The number of ether oxygens (including phenoxy) is 3. The highest BCUT2D eigenvalue weighted by atomic mass is 16.5. The minimum absolute atomic E-state index is 0.107. The molecule has 0 radical (unpaired) electrons. The average molecular weight is 407 g/mol. The molecule has 0 bridgehead atoms. The van der Waals surface area contributed by atoms with Crippen molar-refractivity contribution in [2.45, 2.75) is 20.3 Å². The Hall–Kier alpha value is -3.54. The quantitative estimate of drug-likeness (QED) is 0.534. The highest BCUT2D eigenvalue weighted by Crippen LogP contribution is 2.30.